The lowest BCUT2D eigenvalue weighted by Crippen LogP contribution is -2.22. The van der Waals surface area contributed by atoms with E-state index >= 15 is 0 Å². The Balaban J connectivity index is 1.69. The highest BCUT2D eigenvalue weighted by Crippen LogP contribution is 2.32. The summed E-state index contributed by atoms with van der Waals surface area (Å²) in [5.41, 5.74) is 1.12. The van der Waals surface area contributed by atoms with Crippen LogP contribution >= 0.6 is 39.1 Å². The largest absolute Gasteiger partial charge is 0.476 e. The number of halogens is 3. The van der Waals surface area contributed by atoms with E-state index in [1.807, 2.05) is 0 Å². The molecule has 156 valence electrons. The number of benzene rings is 3. The van der Waals surface area contributed by atoms with Crippen LogP contribution in [0.2, 0.25) is 10.0 Å². The van der Waals surface area contributed by atoms with E-state index in [0.717, 1.165) is 4.47 Å². The molecule has 0 aliphatic rings. The van der Waals surface area contributed by atoms with Crippen molar-refractivity contribution in [1.82, 2.24) is 0 Å². The number of ether oxygens (including phenoxy) is 1. The molecule has 1 N–H and O–H groups in total. The predicted octanol–water partition coefficient (Wildman–Crippen LogP) is 6.55. The van der Waals surface area contributed by atoms with Crippen LogP contribution in [0.25, 0.3) is 22.3 Å². The number of hydrogen-bond acceptors (Lipinski definition) is 4. The fraction of sp³-hybridized carbons (Fsp3) is 0.0435. The van der Waals surface area contributed by atoms with Gasteiger partial charge in [-0.25, -0.2) is 0 Å². The van der Waals surface area contributed by atoms with Crippen LogP contribution in [0.1, 0.15) is 0 Å². The summed E-state index contributed by atoms with van der Waals surface area (Å²) >= 11 is 15.4. The summed E-state index contributed by atoms with van der Waals surface area (Å²) in [5, 5.41) is 3.90. The molecule has 0 atom stereocenters. The zero-order valence-corrected chi connectivity index (χ0v) is 18.9. The van der Waals surface area contributed by atoms with Gasteiger partial charge in [0.05, 0.1) is 5.39 Å². The van der Waals surface area contributed by atoms with Crippen LogP contribution in [0.4, 0.5) is 5.69 Å². The lowest BCUT2D eigenvalue weighted by Gasteiger charge is -2.12. The van der Waals surface area contributed by atoms with E-state index in [9.17, 15) is 9.59 Å². The first-order valence-electron chi connectivity index (χ1n) is 9.11. The number of anilines is 1. The maximum Gasteiger partial charge on any atom is 0.262 e. The van der Waals surface area contributed by atoms with Gasteiger partial charge in [0.25, 0.3) is 5.91 Å². The molecule has 5 nitrogen and oxygen atoms in total. The molecule has 0 spiro atoms. The van der Waals surface area contributed by atoms with Gasteiger partial charge in [0.2, 0.25) is 11.2 Å². The highest BCUT2D eigenvalue weighted by Gasteiger charge is 2.19. The van der Waals surface area contributed by atoms with Crippen molar-refractivity contribution in [2.24, 2.45) is 0 Å². The van der Waals surface area contributed by atoms with Gasteiger partial charge in [-0.2, -0.15) is 0 Å². The summed E-state index contributed by atoms with van der Waals surface area (Å²) in [6.45, 7) is -0.381. The molecule has 4 aromatic rings. The fourth-order valence-corrected chi connectivity index (χ4v) is 3.50. The molecule has 0 aliphatic heterocycles. The van der Waals surface area contributed by atoms with Gasteiger partial charge in [0.1, 0.15) is 5.58 Å². The lowest BCUT2D eigenvalue weighted by molar-refractivity contribution is -0.118. The van der Waals surface area contributed by atoms with Gasteiger partial charge < -0.3 is 14.5 Å². The smallest absolute Gasteiger partial charge is 0.262 e. The van der Waals surface area contributed by atoms with E-state index in [1.54, 1.807) is 60.7 Å². The third-order valence-corrected chi connectivity index (χ3v) is 5.41. The summed E-state index contributed by atoms with van der Waals surface area (Å²) in [6, 6.07) is 18.6. The Morgan fingerprint density at radius 3 is 2.35 bits per heavy atom. The summed E-state index contributed by atoms with van der Waals surface area (Å²) < 4.78 is 12.5. The topological polar surface area (TPSA) is 68.5 Å². The van der Waals surface area contributed by atoms with E-state index in [-0.39, 0.29) is 23.5 Å². The zero-order chi connectivity index (χ0) is 22.0. The Hall–Kier alpha value is -2.80. The molecular weight excluding hydrogens is 505 g/mol. The molecule has 1 amide bonds. The Morgan fingerprint density at radius 2 is 1.65 bits per heavy atom. The van der Waals surface area contributed by atoms with Gasteiger partial charge in [-0.05, 0) is 66.7 Å². The summed E-state index contributed by atoms with van der Waals surface area (Å²) in [4.78, 5) is 25.5. The molecule has 31 heavy (non-hydrogen) atoms. The lowest BCUT2D eigenvalue weighted by atomic mass is 10.1. The normalized spacial score (nSPS) is 10.8. The first-order chi connectivity index (χ1) is 14.9. The number of nitrogens with one attached hydrogen (secondary N) is 1. The predicted molar refractivity (Wildman–Crippen MR) is 126 cm³/mol. The average molecular weight is 519 g/mol. The summed E-state index contributed by atoms with van der Waals surface area (Å²) in [6.07, 6.45) is 0. The molecule has 8 heteroatoms. The minimum absolute atomic E-state index is 0.0805. The molecule has 1 aromatic heterocycles. The van der Waals surface area contributed by atoms with Crippen molar-refractivity contribution in [2.75, 3.05) is 11.9 Å². The molecule has 3 aromatic carbocycles. The standard InChI is InChI=1S/C23H14BrCl2NO4/c24-14-3-8-17(9-4-14)27-20(28)12-30-23-21(29)18-11-16(26)7-10-19(18)31-22(23)13-1-5-15(25)6-2-13/h1-11H,12H2,(H,27,28). The maximum atomic E-state index is 13.1. The minimum atomic E-state index is -0.426. The van der Waals surface area contributed by atoms with Gasteiger partial charge in [-0.1, -0.05) is 39.1 Å². The van der Waals surface area contributed by atoms with Crippen LogP contribution in [-0.2, 0) is 4.79 Å². The molecule has 0 aliphatic carbocycles. The van der Waals surface area contributed by atoms with Gasteiger partial charge in [0.15, 0.2) is 12.4 Å². The molecule has 0 saturated carbocycles. The second-order valence-electron chi connectivity index (χ2n) is 6.58. The highest BCUT2D eigenvalue weighted by atomic mass is 79.9. The van der Waals surface area contributed by atoms with Crippen LogP contribution in [0.3, 0.4) is 0 Å². The van der Waals surface area contributed by atoms with Gasteiger partial charge in [-0.15, -0.1) is 0 Å². The Kier molecular flexibility index (Phi) is 6.32. The van der Waals surface area contributed by atoms with E-state index in [4.69, 9.17) is 32.4 Å². The monoisotopic (exact) mass is 517 g/mol. The van der Waals surface area contributed by atoms with Crippen molar-refractivity contribution in [3.05, 3.63) is 91.5 Å². The second-order valence-corrected chi connectivity index (χ2v) is 8.37. The molecule has 0 saturated heterocycles. The quantitative estimate of drug-likeness (QED) is 0.325. The molecule has 0 unspecified atom stereocenters. The zero-order valence-electron chi connectivity index (χ0n) is 15.8. The Labute approximate surface area is 195 Å². The van der Waals surface area contributed by atoms with Crippen LogP contribution in [-0.4, -0.2) is 12.5 Å². The first kappa shape index (κ1) is 21.4. The van der Waals surface area contributed by atoms with Crippen LogP contribution in [0.15, 0.2) is 80.4 Å². The fourth-order valence-electron chi connectivity index (χ4n) is 2.94. The number of carbonyl (C=O) groups excluding carboxylic acids is 1. The van der Waals surface area contributed by atoms with E-state index in [2.05, 4.69) is 21.2 Å². The van der Waals surface area contributed by atoms with Crippen molar-refractivity contribution >= 4 is 61.7 Å². The van der Waals surface area contributed by atoms with Crippen molar-refractivity contribution in [3.8, 4) is 17.1 Å². The van der Waals surface area contributed by atoms with E-state index in [1.165, 1.54) is 6.07 Å². The number of carbonyl (C=O) groups is 1. The van der Waals surface area contributed by atoms with Gasteiger partial charge in [0, 0.05) is 25.8 Å². The molecule has 0 fully saturated rings. The molecule has 1 heterocycles. The van der Waals surface area contributed by atoms with Gasteiger partial charge in [-0.3, -0.25) is 9.59 Å². The van der Waals surface area contributed by atoms with E-state index < -0.39 is 11.3 Å². The van der Waals surface area contributed by atoms with Crippen LogP contribution < -0.4 is 15.5 Å². The van der Waals surface area contributed by atoms with Crippen LogP contribution in [0.5, 0.6) is 5.75 Å². The van der Waals surface area contributed by atoms with E-state index in [0.29, 0.717) is 26.9 Å². The Bertz CT molecular complexity index is 1320. The number of fused-ring (bicyclic) bond motifs is 1. The number of rotatable bonds is 5. The third-order valence-electron chi connectivity index (χ3n) is 4.39. The van der Waals surface area contributed by atoms with Crippen molar-refractivity contribution in [1.29, 1.82) is 0 Å². The van der Waals surface area contributed by atoms with Crippen molar-refractivity contribution in [3.63, 3.8) is 0 Å². The summed E-state index contributed by atoms with van der Waals surface area (Å²) in [7, 11) is 0. The van der Waals surface area contributed by atoms with Crippen molar-refractivity contribution in [2.45, 2.75) is 0 Å². The van der Waals surface area contributed by atoms with Crippen molar-refractivity contribution < 1.29 is 13.9 Å². The van der Waals surface area contributed by atoms with Crippen LogP contribution in [0, 0.1) is 0 Å². The highest BCUT2D eigenvalue weighted by molar-refractivity contribution is 9.10. The first-order valence-corrected chi connectivity index (χ1v) is 10.7. The number of hydrogen-bond donors (Lipinski definition) is 1. The molecular formula is C23H14BrCl2NO4. The summed E-state index contributed by atoms with van der Waals surface area (Å²) in [5.74, 6) is -0.300. The second kappa shape index (κ2) is 9.14. The SMILES string of the molecule is O=C(COc1c(-c2ccc(Cl)cc2)oc2ccc(Cl)cc2c1=O)Nc1ccc(Br)cc1. The molecule has 4 rings (SSSR count). The Morgan fingerprint density at radius 1 is 0.968 bits per heavy atom. The van der Waals surface area contributed by atoms with Gasteiger partial charge >= 0.3 is 0 Å². The third kappa shape index (κ3) is 4.93. The average Bonchev–Trinajstić information content (AvgIpc) is 2.75. The minimum Gasteiger partial charge on any atom is -0.476 e. The maximum absolute atomic E-state index is 13.1. The molecule has 0 radical (unpaired) electrons. The molecule has 0 bridgehead atoms. The number of amides is 1.